The van der Waals surface area contributed by atoms with Crippen molar-refractivity contribution in [1.29, 1.82) is 0 Å². The molecule has 3 fully saturated rings. The number of halogens is 1. The third-order valence-corrected chi connectivity index (χ3v) is 6.00. The smallest absolute Gasteiger partial charge is 0.223 e. The van der Waals surface area contributed by atoms with E-state index in [4.69, 9.17) is 16.1 Å². The van der Waals surface area contributed by atoms with E-state index in [1.165, 1.54) is 10.6 Å². The molecule has 3 aliphatic rings. The van der Waals surface area contributed by atoms with Gasteiger partial charge in [0.2, 0.25) is 15.9 Å². The number of rotatable bonds is 4. The first kappa shape index (κ1) is 16.7. The number of aryl methyl sites for hydroxylation is 1. The van der Waals surface area contributed by atoms with E-state index in [2.05, 4.69) is 5.16 Å². The highest BCUT2D eigenvalue weighted by molar-refractivity contribution is 7.88. The van der Waals surface area contributed by atoms with Gasteiger partial charge in [-0.1, -0.05) is 16.8 Å². The molecule has 0 saturated carbocycles. The van der Waals surface area contributed by atoms with Gasteiger partial charge < -0.3 is 9.42 Å². The van der Waals surface area contributed by atoms with Gasteiger partial charge in [-0.25, -0.2) is 8.42 Å². The zero-order valence-corrected chi connectivity index (χ0v) is 14.5. The van der Waals surface area contributed by atoms with Crippen LogP contribution < -0.4 is 0 Å². The van der Waals surface area contributed by atoms with Crippen LogP contribution in [0, 0.1) is 5.92 Å². The Labute approximate surface area is 140 Å². The molecule has 23 heavy (non-hydrogen) atoms. The molecule has 0 unspecified atom stereocenters. The van der Waals surface area contributed by atoms with Crippen LogP contribution in [0.3, 0.4) is 0 Å². The van der Waals surface area contributed by atoms with Gasteiger partial charge >= 0.3 is 0 Å². The van der Waals surface area contributed by atoms with Gasteiger partial charge in [0.25, 0.3) is 0 Å². The molecule has 0 radical (unpaired) electrons. The molecular formula is C14H20ClN3O4S. The second kappa shape index (κ2) is 6.41. The predicted molar refractivity (Wildman–Crippen MR) is 84.5 cm³/mol. The third kappa shape index (κ3) is 3.87. The first-order valence-corrected chi connectivity index (χ1v) is 9.91. The van der Waals surface area contributed by atoms with Gasteiger partial charge in [0, 0.05) is 44.6 Å². The molecule has 3 aliphatic heterocycles. The molecule has 128 valence electrons. The highest BCUT2D eigenvalue weighted by atomic mass is 35.5. The molecule has 4 rings (SSSR count). The number of amides is 1. The lowest BCUT2D eigenvalue weighted by Gasteiger charge is -2.36. The minimum Gasteiger partial charge on any atom is -0.360 e. The van der Waals surface area contributed by atoms with Gasteiger partial charge in [-0.3, -0.25) is 4.79 Å². The van der Waals surface area contributed by atoms with Crippen molar-refractivity contribution in [3.8, 4) is 0 Å². The van der Waals surface area contributed by atoms with Crippen LogP contribution in [0.4, 0.5) is 0 Å². The van der Waals surface area contributed by atoms with Crippen molar-refractivity contribution in [1.82, 2.24) is 14.4 Å². The van der Waals surface area contributed by atoms with Crippen molar-refractivity contribution < 1.29 is 17.7 Å². The van der Waals surface area contributed by atoms with E-state index >= 15 is 0 Å². The van der Waals surface area contributed by atoms with Gasteiger partial charge in [-0.2, -0.15) is 4.31 Å². The van der Waals surface area contributed by atoms with E-state index in [1.807, 2.05) is 4.90 Å². The zero-order valence-electron chi connectivity index (χ0n) is 12.9. The summed E-state index contributed by atoms with van der Waals surface area (Å²) in [6.07, 6.45) is 3.82. The summed E-state index contributed by atoms with van der Waals surface area (Å²) in [5, 5.41) is 3.87. The molecule has 2 atom stereocenters. The van der Waals surface area contributed by atoms with Crippen molar-refractivity contribution in [2.45, 2.75) is 31.7 Å². The Hall–Kier alpha value is -1.12. The molecular weight excluding hydrogens is 342 g/mol. The molecule has 1 aromatic rings. The van der Waals surface area contributed by atoms with Crippen LogP contribution in [-0.2, 0) is 21.2 Å². The second-order valence-corrected chi connectivity index (χ2v) is 8.71. The summed E-state index contributed by atoms with van der Waals surface area (Å²) >= 11 is 5.69. The summed E-state index contributed by atoms with van der Waals surface area (Å²) in [5.41, 5.74) is 0. The monoisotopic (exact) mass is 361 g/mol. The van der Waals surface area contributed by atoms with Crippen molar-refractivity contribution in [2.75, 3.05) is 25.9 Å². The first-order valence-electron chi connectivity index (χ1n) is 7.68. The quantitative estimate of drug-likeness (QED) is 0.803. The van der Waals surface area contributed by atoms with Crippen LogP contribution >= 0.6 is 11.6 Å². The highest BCUT2D eigenvalue weighted by Crippen LogP contribution is 2.29. The number of piperidine rings is 1. The fraction of sp³-hybridized carbons (Fsp3) is 0.714. The van der Waals surface area contributed by atoms with Crippen LogP contribution in [-0.4, -0.2) is 60.6 Å². The zero-order chi connectivity index (χ0) is 16.6. The summed E-state index contributed by atoms with van der Waals surface area (Å²) in [7, 11) is -3.22. The van der Waals surface area contributed by atoms with E-state index in [9.17, 15) is 13.2 Å². The van der Waals surface area contributed by atoms with Crippen LogP contribution in [0.1, 0.15) is 25.0 Å². The SMILES string of the molecule is CS(=O)(=O)N1C[C@@H]2CC[C@H](C1)N(C(=O)CCc1cc(Cl)no1)C2. The van der Waals surface area contributed by atoms with Crippen molar-refractivity contribution >= 4 is 27.5 Å². The van der Waals surface area contributed by atoms with Gasteiger partial charge in [-0.05, 0) is 18.8 Å². The number of carbonyl (C=O) groups excluding carboxylic acids is 1. The summed E-state index contributed by atoms with van der Waals surface area (Å²) < 4.78 is 30.2. The van der Waals surface area contributed by atoms with Crippen LogP contribution in [0.5, 0.6) is 0 Å². The Kier molecular flexibility index (Phi) is 4.66. The van der Waals surface area contributed by atoms with Crippen LogP contribution in [0.15, 0.2) is 10.6 Å². The number of aromatic nitrogens is 1. The third-order valence-electron chi connectivity index (χ3n) is 4.58. The average Bonchev–Trinajstić information content (AvgIpc) is 2.71. The fourth-order valence-electron chi connectivity index (χ4n) is 3.39. The largest absolute Gasteiger partial charge is 0.360 e. The Morgan fingerprint density at radius 3 is 2.83 bits per heavy atom. The van der Waals surface area contributed by atoms with E-state index in [1.54, 1.807) is 6.07 Å². The number of carbonyl (C=O) groups is 1. The summed E-state index contributed by atoms with van der Waals surface area (Å²) in [4.78, 5) is 14.4. The first-order chi connectivity index (χ1) is 10.8. The molecule has 3 saturated heterocycles. The topological polar surface area (TPSA) is 83.7 Å². The van der Waals surface area contributed by atoms with Crippen molar-refractivity contribution in [3.63, 3.8) is 0 Å². The van der Waals surface area contributed by atoms with Crippen LogP contribution in [0.2, 0.25) is 5.15 Å². The van der Waals surface area contributed by atoms with Gasteiger partial charge in [0.15, 0.2) is 5.15 Å². The summed E-state index contributed by atoms with van der Waals surface area (Å²) in [6, 6.07) is 1.57. The minimum atomic E-state index is -3.22. The molecule has 0 aliphatic carbocycles. The molecule has 9 heteroatoms. The standard InChI is InChI=1S/C14H20ClN3O4S/c1-23(20,21)17-7-10-2-3-11(9-17)18(8-10)14(19)5-4-12-6-13(15)16-22-12/h6,10-11H,2-5,7-9H2,1H3/t10-,11+/m0/s1. The summed E-state index contributed by atoms with van der Waals surface area (Å²) in [5.74, 6) is 0.829. The van der Waals surface area contributed by atoms with Gasteiger partial charge in [0.05, 0.1) is 6.26 Å². The van der Waals surface area contributed by atoms with Crippen LogP contribution in [0.25, 0.3) is 0 Å². The Balaban J connectivity index is 1.65. The highest BCUT2D eigenvalue weighted by Gasteiger charge is 2.39. The van der Waals surface area contributed by atoms with Gasteiger partial charge in [-0.15, -0.1) is 0 Å². The molecule has 0 aromatic carbocycles. The lowest BCUT2D eigenvalue weighted by atomic mass is 9.94. The maximum absolute atomic E-state index is 12.5. The van der Waals surface area contributed by atoms with E-state index in [-0.39, 0.29) is 23.0 Å². The lowest BCUT2D eigenvalue weighted by molar-refractivity contribution is -0.135. The molecule has 7 nitrogen and oxygen atoms in total. The second-order valence-electron chi connectivity index (χ2n) is 6.34. The molecule has 0 spiro atoms. The Morgan fingerprint density at radius 1 is 1.39 bits per heavy atom. The normalized spacial score (nSPS) is 25.6. The maximum Gasteiger partial charge on any atom is 0.223 e. The van der Waals surface area contributed by atoms with Gasteiger partial charge in [0.1, 0.15) is 5.76 Å². The fourth-order valence-corrected chi connectivity index (χ4v) is 4.48. The molecule has 1 amide bonds. The van der Waals surface area contributed by atoms with E-state index in [0.29, 0.717) is 38.2 Å². The number of hydrogen-bond acceptors (Lipinski definition) is 5. The molecule has 2 bridgehead atoms. The Morgan fingerprint density at radius 2 is 2.17 bits per heavy atom. The Bertz CT molecular complexity index is 690. The number of sulfonamides is 1. The van der Waals surface area contributed by atoms with E-state index in [0.717, 1.165) is 12.8 Å². The maximum atomic E-state index is 12.5. The summed E-state index contributed by atoms with van der Waals surface area (Å²) in [6.45, 7) is 1.54. The number of fused-ring (bicyclic) bond motifs is 4. The molecule has 0 N–H and O–H groups in total. The van der Waals surface area contributed by atoms with Crippen molar-refractivity contribution in [3.05, 3.63) is 17.0 Å². The lowest BCUT2D eigenvalue weighted by Crippen LogP contribution is -2.47. The average molecular weight is 362 g/mol. The van der Waals surface area contributed by atoms with Crippen molar-refractivity contribution in [2.24, 2.45) is 5.92 Å². The van der Waals surface area contributed by atoms with E-state index < -0.39 is 10.0 Å². The molecule has 4 heterocycles. The molecule has 1 aromatic heterocycles. The predicted octanol–water partition coefficient (Wildman–Crippen LogP) is 1.14. The number of hydrogen-bond donors (Lipinski definition) is 0. The minimum absolute atomic E-state index is 0.0302. The number of nitrogens with zero attached hydrogens (tertiary/aromatic N) is 3.